The Labute approximate surface area is 455 Å². The van der Waals surface area contributed by atoms with Crippen LogP contribution in [0.3, 0.4) is 0 Å². The summed E-state index contributed by atoms with van der Waals surface area (Å²) in [5.74, 6) is -0.0912. The Bertz CT molecular complexity index is 1180. The SMILES string of the molecule is CCCCCC/C=C\C/C=C\CCCCCCCCCC(=O)OCCCCCCCCCCCCCCCC(=O)NC(CO)C(O)/C=C/CCCCCCCCCCCCCCCCCCCCCCCCC. The van der Waals surface area contributed by atoms with Crippen LogP contribution in [0.25, 0.3) is 0 Å². The fraction of sp³-hybridized carbons (Fsp3) is 0.881. The van der Waals surface area contributed by atoms with Crippen LogP contribution in [0.4, 0.5) is 0 Å². The summed E-state index contributed by atoms with van der Waals surface area (Å²) in [6, 6.07) is -0.640. The number of amides is 1. The van der Waals surface area contributed by atoms with Gasteiger partial charge < -0.3 is 20.3 Å². The van der Waals surface area contributed by atoms with E-state index in [-0.39, 0.29) is 18.5 Å². The summed E-state index contributed by atoms with van der Waals surface area (Å²) >= 11 is 0. The lowest BCUT2D eigenvalue weighted by atomic mass is 10.0. The van der Waals surface area contributed by atoms with Crippen LogP contribution in [-0.4, -0.2) is 47.4 Å². The molecule has 0 aromatic heterocycles. The zero-order valence-corrected chi connectivity index (χ0v) is 49.1. The number of hydrogen-bond acceptors (Lipinski definition) is 5. The molecule has 6 heteroatoms. The minimum atomic E-state index is -0.856. The number of aliphatic hydroxyl groups is 2. The smallest absolute Gasteiger partial charge is 0.305 e. The molecule has 3 N–H and O–H groups in total. The van der Waals surface area contributed by atoms with Crippen LogP contribution < -0.4 is 5.32 Å². The largest absolute Gasteiger partial charge is 0.466 e. The lowest BCUT2D eigenvalue weighted by Gasteiger charge is -2.20. The first-order chi connectivity index (χ1) is 36.0. The van der Waals surface area contributed by atoms with E-state index >= 15 is 0 Å². The number of unbranched alkanes of at least 4 members (excludes halogenated alkanes) is 46. The van der Waals surface area contributed by atoms with Crippen LogP contribution in [-0.2, 0) is 14.3 Å². The molecule has 0 bridgehead atoms. The fourth-order valence-electron chi connectivity index (χ4n) is 10.1. The van der Waals surface area contributed by atoms with E-state index in [1.165, 1.54) is 263 Å². The Morgan fingerprint density at radius 3 is 1.05 bits per heavy atom. The van der Waals surface area contributed by atoms with E-state index in [1.54, 1.807) is 6.08 Å². The average molecular weight is 1030 g/mol. The minimum Gasteiger partial charge on any atom is -0.466 e. The highest BCUT2D eigenvalue weighted by atomic mass is 16.5. The minimum absolute atomic E-state index is 0.0134. The van der Waals surface area contributed by atoms with Crippen molar-refractivity contribution in [3.63, 3.8) is 0 Å². The van der Waals surface area contributed by atoms with Crippen molar-refractivity contribution in [3.8, 4) is 0 Å². The van der Waals surface area contributed by atoms with Gasteiger partial charge in [-0.1, -0.05) is 314 Å². The summed E-state index contributed by atoms with van der Waals surface area (Å²) in [6.07, 6.45) is 79.0. The van der Waals surface area contributed by atoms with Crippen LogP contribution in [0.15, 0.2) is 36.5 Å². The monoisotopic (exact) mass is 1030 g/mol. The molecule has 0 rings (SSSR count). The van der Waals surface area contributed by atoms with Gasteiger partial charge in [0, 0.05) is 12.8 Å². The van der Waals surface area contributed by atoms with Crippen molar-refractivity contribution >= 4 is 11.9 Å². The summed E-state index contributed by atoms with van der Waals surface area (Å²) in [5, 5.41) is 23.2. The first-order valence-electron chi connectivity index (χ1n) is 32.8. The number of esters is 1. The Morgan fingerprint density at radius 1 is 0.384 bits per heavy atom. The van der Waals surface area contributed by atoms with Crippen molar-refractivity contribution < 1.29 is 24.5 Å². The molecule has 73 heavy (non-hydrogen) atoms. The molecule has 6 nitrogen and oxygen atoms in total. The summed E-state index contributed by atoms with van der Waals surface area (Å²) < 4.78 is 5.48. The van der Waals surface area contributed by atoms with Crippen molar-refractivity contribution in [2.24, 2.45) is 0 Å². The predicted octanol–water partition coefficient (Wildman–Crippen LogP) is 20.8. The highest BCUT2D eigenvalue weighted by Crippen LogP contribution is 2.18. The second-order valence-electron chi connectivity index (χ2n) is 22.5. The Hall–Kier alpha value is -1.92. The van der Waals surface area contributed by atoms with Gasteiger partial charge in [-0.05, 0) is 64.2 Å². The number of ether oxygens (including phenoxy) is 1. The van der Waals surface area contributed by atoms with Gasteiger partial charge in [0.2, 0.25) is 5.91 Å². The molecule has 0 heterocycles. The second-order valence-corrected chi connectivity index (χ2v) is 22.5. The molecule has 0 radical (unpaired) electrons. The van der Waals surface area contributed by atoms with E-state index < -0.39 is 12.1 Å². The van der Waals surface area contributed by atoms with Crippen LogP contribution in [0.2, 0.25) is 0 Å². The second kappa shape index (κ2) is 62.6. The topological polar surface area (TPSA) is 95.9 Å². The molecule has 0 aliphatic heterocycles. The first kappa shape index (κ1) is 71.1. The predicted molar refractivity (Wildman–Crippen MR) is 319 cm³/mol. The van der Waals surface area contributed by atoms with Gasteiger partial charge in [-0.2, -0.15) is 0 Å². The number of allylic oxidation sites excluding steroid dienone is 5. The average Bonchev–Trinajstić information content (AvgIpc) is 3.39. The molecule has 0 aromatic rings. The van der Waals surface area contributed by atoms with Crippen LogP contribution >= 0.6 is 0 Å². The number of carbonyl (C=O) groups excluding carboxylic acids is 2. The van der Waals surface area contributed by atoms with Gasteiger partial charge in [0.05, 0.1) is 25.4 Å². The van der Waals surface area contributed by atoms with Crippen molar-refractivity contribution in [2.75, 3.05) is 13.2 Å². The van der Waals surface area contributed by atoms with Gasteiger partial charge in [-0.15, -0.1) is 0 Å². The molecular weight excluding hydrogens is 899 g/mol. The highest BCUT2D eigenvalue weighted by Gasteiger charge is 2.18. The summed E-state index contributed by atoms with van der Waals surface area (Å²) in [4.78, 5) is 24.6. The van der Waals surface area contributed by atoms with Crippen molar-refractivity contribution in [1.29, 1.82) is 0 Å². The zero-order chi connectivity index (χ0) is 52.9. The fourth-order valence-corrected chi connectivity index (χ4v) is 10.1. The molecule has 2 unspecified atom stereocenters. The standard InChI is InChI=1S/C67H127NO5/c1-3-5-7-9-11-13-15-17-19-21-23-24-25-26-27-28-29-30-32-35-39-43-47-51-55-59-65(70)64(63-69)68-66(71)60-56-52-48-44-40-36-34-38-42-46-50-54-58-62-73-67(72)61-57-53-49-45-41-37-33-31-22-20-18-16-14-12-10-8-6-4-2/h14,16,20,22,55,59,64-65,69-70H,3-13,15,17-19,21,23-54,56-58,60-63H2,1-2H3,(H,68,71)/b16-14-,22-20-,59-55+. The van der Waals surface area contributed by atoms with Gasteiger partial charge in [0.1, 0.15) is 0 Å². The van der Waals surface area contributed by atoms with Crippen molar-refractivity contribution in [3.05, 3.63) is 36.5 Å². The van der Waals surface area contributed by atoms with Crippen LogP contribution in [0.5, 0.6) is 0 Å². The molecule has 0 saturated heterocycles. The maximum atomic E-state index is 12.5. The Morgan fingerprint density at radius 2 is 0.685 bits per heavy atom. The maximum absolute atomic E-state index is 12.5. The molecule has 0 aliphatic rings. The number of nitrogens with one attached hydrogen (secondary N) is 1. The van der Waals surface area contributed by atoms with E-state index in [9.17, 15) is 19.8 Å². The van der Waals surface area contributed by atoms with Crippen LogP contribution in [0, 0.1) is 0 Å². The molecule has 0 aliphatic carbocycles. The van der Waals surface area contributed by atoms with Gasteiger partial charge >= 0.3 is 5.97 Å². The van der Waals surface area contributed by atoms with E-state index in [1.807, 2.05) is 6.08 Å². The number of carbonyl (C=O) groups is 2. The van der Waals surface area contributed by atoms with Gasteiger partial charge in [0.25, 0.3) is 0 Å². The summed E-state index contributed by atoms with van der Waals surface area (Å²) in [7, 11) is 0. The number of rotatable bonds is 61. The van der Waals surface area contributed by atoms with Crippen molar-refractivity contribution in [1.82, 2.24) is 5.32 Å². The number of hydrogen-bond donors (Lipinski definition) is 3. The van der Waals surface area contributed by atoms with Crippen molar-refractivity contribution in [2.45, 2.75) is 366 Å². The van der Waals surface area contributed by atoms with Gasteiger partial charge in [-0.3, -0.25) is 9.59 Å². The summed E-state index contributed by atoms with van der Waals surface area (Å²) in [5.41, 5.74) is 0. The number of aliphatic hydroxyl groups excluding tert-OH is 2. The normalized spacial score (nSPS) is 12.8. The summed E-state index contributed by atoms with van der Waals surface area (Å²) in [6.45, 7) is 4.88. The van der Waals surface area contributed by atoms with E-state index in [2.05, 4.69) is 43.5 Å². The van der Waals surface area contributed by atoms with Gasteiger partial charge in [-0.25, -0.2) is 0 Å². The highest BCUT2D eigenvalue weighted by molar-refractivity contribution is 5.76. The third kappa shape index (κ3) is 59.2. The van der Waals surface area contributed by atoms with E-state index in [0.717, 1.165) is 64.2 Å². The third-order valence-corrected chi connectivity index (χ3v) is 15.2. The Balaban J connectivity index is 3.47. The molecule has 0 saturated carbocycles. The molecule has 2 atom stereocenters. The van der Waals surface area contributed by atoms with Crippen LogP contribution in [0.1, 0.15) is 354 Å². The first-order valence-corrected chi connectivity index (χ1v) is 32.8. The van der Waals surface area contributed by atoms with E-state index in [0.29, 0.717) is 19.4 Å². The van der Waals surface area contributed by atoms with Gasteiger partial charge in [0.15, 0.2) is 0 Å². The molecule has 1 amide bonds. The lowest BCUT2D eigenvalue weighted by Crippen LogP contribution is -2.45. The maximum Gasteiger partial charge on any atom is 0.305 e. The Kier molecular flexibility index (Phi) is 61.0. The molecule has 0 fully saturated rings. The lowest BCUT2D eigenvalue weighted by molar-refractivity contribution is -0.143. The molecule has 430 valence electrons. The molecule has 0 aromatic carbocycles. The van der Waals surface area contributed by atoms with E-state index in [4.69, 9.17) is 4.74 Å². The third-order valence-electron chi connectivity index (χ3n) is 15.2. The molecule has 0 spiro atoms. The molecular formula is C67H127NO5. The zero-order valence-electron chi connectivity index (χ0n) is 49.1. The quantitative estimate of drug-likeness (QED) is 0.0320.